The van der Waals surface area contributed by atoms with Crippen LogP contribution < -0.4 is 0 Å². The molecule has 1 atom stereocenters. The molecule has 1 heteroatoms. The van der Waals surface area contributed by atoms with E-state index in [1.165, 1.54) is 16.7 Å². The second kappa shape index (κ2) is 8.94. The van der Waals surface area contributed by atoms with Crippen molar-refractivity contribution in [1.82, 2.24) is 0 Å². The summed E-state index contributed by atoms with van der Waals surface area (Å²) >= 11 is 0. The van der Waals surface area contributed by atoms with Crippen molar-refractivity contribution in [1.29, 1.82) is 0 Å². The summed E-state index contributed by atoms with van der Waals surface area (Å²) in [7, 11) is 0. The number of hydrogen-bond donors (Lipinski definition) is 0. The SMILES string of the molecule is CC1=[C-]C(C)C(C)=C1C.[CH3-].[CH3-].[CH3-].[Zr+4]. The Hall–Kier alpha value is 0.363. The molecule has 0 radical (unpaired) electrons. The fourth-order valence-corrected chi connectivity index (χ4v) is 1.16. The standard InChI is InChI=1S/C9H13.3CH3.Zr/c1-6-5-7(2)9(4)8(6)3;;;;/h6H,1-4H3;3*1H3;/q4*-1;+4. The molecule has 1 rings (SSSR count). The van der Waals surface area contributed by atoms with E-state index in [4.69, 9.17) is 0 Å². The molecule has 74 valence electrons. The van der Waals surface area contributed by atoms with Gasteiger partial charge in [0.2, 0.25) is 0 Å². The van der Waals surface area contributed by atoms with Crippen LogP contribution in [0.5, 0.6) is 0 Å². The molecule has 0 saturated carbocycles. The molecule has 1 unspecified atom stereocenters. The topological polar surface area (TPSA) is 0 Å². The molecule has 1 aliphatic carbocycles. The average molecular weight is 258 g/mol. The van der Waals surface area contributed by atoms with Gasteiger partial charge in [0.05, 0.1) is 0 Å². The van der Waals surface area contributed by atoms with Crippen molar-refractivity contribution in [3.05, 3.63) is 45.1 Å². The van der Waals surface area contributed by atoms with Crippen LogP contribution in [0.1, 0.15) is 27.7 Å². The number of rotatable bonds is 0. The first kappa shape index (κ1) is 23.3. The van der Waals surface area contributed by atoms with Crippen LogP contribution in [0.4, 0.5) is 0 Å². The van der Waals surface area contributed by atoms with Gasteiger partial charge in [-0.15, -0.1) is 6.92 Å². The Morgan fingerprint density at radius 3 is 1.46 bits per heavy atom. The summed E-state index contributed by atoms with van der Waals surface area (Å²) in [5.41, 5.74) is 4.25. The van der Waals surface area contributed by atoms with Gasteiger partial charge in [-0.2, -0.15) is 11.1 Å². The van der Waals surface area contributed by atoms with Crippen LogP contribution in [0, 0.1) is 34.3 Å². The van der Waals surface area contributed by atoms with E-state index >= 15 is 0 Å². The molecular weight excluding hydrogens is 235 g/mol. The summed E-state index contributed by atoms with van der Waals surface area (Å²) in [6.07, 6.45) is 3.36. The van der Waals surface area contributed by atoms with Crippen molar-refractivity contribution in [2.75, 3.05) is 0 Å². The molecule has 0 nitrogen and oxygen atoms in total. The maximum atomic E-state index is 3.36. The molecule has 0 N–H and O–H groups in total. The quantitative estimate of drug-likeness (QED) is 0.574. The van der Waals surface area contributed by atoms with Gasteiger partial charge in [0.25, 0.3) is 0 Å². The molecule has 0 aromatic heterocycles. The number of hydrogen-bond acceptors (Lipinski definition) is 0. The van der Waals surface area contributed by atoms with Gasteiger partial charge in [-0.3, -0.25) is 6.08 Å². The van der Waals surface area contributed by atoms with Gasteiger partial charge >= 0.3 is 26.2 Å². The maximum Gasteiger partial charge on any atom is 4.00 e. The Morgan fingerprint density at radius 1 is 1.00 bits per heavy atom. The predicted octanol–water partition coefficient (Wildman–Crippen LogP) is 4.07. The summed E-state index contributed by atoms with van der Waals surface area (Å²) in [6, 6.07) is 0. The zero-order valence-electron chi connectivity index (χ0n) is 10.1. The molecule has 1 aliphatic rings. The molecule has 0 bridgehead atoms. The Balaban J connectivity index is -0.000000101. The van der Waals surface area contributed by atoms with Gasteiger partial charge in [-0.25, -0.2) is 5.57 Å². The van der Waals surface area contributed by atoms with E-state index in [1.54, 1.807) is 0 Å². The van der Waals surface area contributed by atoms with E-state index < -0.39 is 0 Å². The molecule has 0 heterocycles. The Bertz CT molecular complexity index is 187. The first-order valence-corrected chi connectivity index (χ1v) is 3.40. The predicted molar refractivity (Wildman–Crippen MR) is 59.2 cm³/mol. The van der Waals surface area contributed by atoms with Gasteiger partial charge in [0.1, 0.15) is 0 Å². The fourth-order valence-electron chi connectivity index (χ4n) is 1.16. The second-order valence-corrected chi connectivity index (χ2v) is 2.80. The summed E-state index contributed by atoms with van der Waals surface area (Å²) in [6.45, 7) is 8.67. The van der Waals surface area contributed by atoms with Crippen molar-refractivity contribution in [3.8, 4) is 0 Å². The summed E-state index contributed by atoms with van der Waals surface area (Å²) in [5, 5.41) is 0. The van der Waals surface area contributed by atoms with Crippen molar-refractivity contribution in [2.24, 2.45) is 5.92 Å². The normalized spacial score (nSPS) is 18.8. The van der Waals surface area contributed by atoms with E-state index in [0.717, 1.165) is 0 Å². The Kier molecular flexibility index (Phi) is 16.0. The molecule has 0 spiro atoms. The van der Waals surface area contributed by atoms with E-state index in [-0.39, 0.29) is 48.5 Å². The minimum atomic E-state index is 0. The van der Waals surface area contributed by atoms with Gasteiger partial charge in [-0.05, 0) is 0 Å². The third kappa shape index (κ3) is 4.96. The Morgan fingerprint density at radius 2 is 1.38 bits per heavy atom. The van der Waals surface area contributed by atoms with Crippen molar-refractivity contribution >= 4 is 0 Å². The molecule has 0 aromatic carbocycles. The van der Waals surface area contributed by atoms with E-state index in [2.05, 4.69) is 33.8 Å². The first-order valence-electron chi connectivity index (χ1n) is 3.40. The first-order chi connectivity index (χ1) is 4.13. The van der Waals surface area contributed by atoms with E-state index in [9.17, 15) is 0 Å². The van der Waals surface area contributed by atoms with Crippen molar-refractivity contribution in [3.63, 3.8) is 0 Å². The third-order valence-electron chi connectivity index (χ3n) is 2.24. The van der Waals surface area contributed by atoms with Gasteiger partial charge in [-0.1, -0.05) is 26.7 Å². The summed E-state index contributed by atoms with van der Waals surface area (Å²) in [5.74, 6) is 0.560. The van der Waals surface area contributed by atoms with Gasteiger partial charge in [0, 0.05) is 0 Å². The third-order valence-corrected chi connectivity index (χ3v) is 2.24. The minimum absolute atomic E-state index is 0. The van der Waals surface area contributed by atoms with E-state index in [1.807, 2.05) is 0 Å². The molecule has 0 saturated heterocycles. The van der Waals surface area contributed by atoms with Crippen LogP contribution in [0.15, 0.2) is 16.7 Å². The average Bonchev–Trinajstić information content (AvgIpc) is 1.98. The smallest absolute Gasteiger partial charge is 0.358 e. The van der Waals surface area contributed by atoms with Gasteiger partial charge in [0.15, 0.2) is 0 Å². The molecular formula is C12H22Zr. The van der Waals surface area contributed by atoms with Crippen molar-refractivity contribution < 1.29 is 26.2 Å². The molecule has 13 heavy (non-hydrogen) atoms. The molecule has 0 aromatic rings. The molecule has 0 amide bonds. The van der Waals surface area contributed by atoms with Gasteiger partial charge < -0.3 is 22.3 Å². The summed E-state index contributed by atoms with van der Waals surface area (Å²) in [4.78, 5) is 0. The van der Waals surface area contributed by atoms with E-state index in [0.29, 0.717) is 5.92 Å². The number of allylic oxidation sites excluding steroid dienone is 4. The monoisotopic (exact) mass is 256 g/mol. The zero-order valence-corrected chi connectivity index (χ0v) is 12.5. The summed E-state index contributed by atoms with van der Waals surface area (Å²) < 4.78 is 0. The maximum absolute atomic E-state index is 3.36. The van der Waals surface area contributed by atoms with Crippen LogP contribution in [0.3, 0.4) is 0 Å². The minimum Gasteiger partial charge on any atom is -0.358 e. The van der Waals surface area contributed by atoms with Crippen LogP contribution >= 0.6 is 0 Å². The molecule has 0 fully saturated rings. The second-order valence-electron chi connectivity index (χ2n) is 2.80. The zero-order chi connectivity index (χ0) is 7.02. The van der Waals surface area contributed by atoms with Crippen LogP contribution in [-0.4, -0.2) is 0 Å². The van der Waals surface area contributed by atoms with Crippen LogP contribution in [-0.2, 0) is 26.2 Å². The largest absolute Gasteiger partial charge is 4.00 e. The molecule has 0 aliphatic heterocycles. The fraction of sp³-hybridized carbons (Fsp3) is 0.417. The van der Waals surface area contributed by atoms with Crippen LogP contribution in [0.2, 0.25) is 0 Å². The van der Waals surface area contributed by atoms with Crippen molar-refractivity contribution in [2.45, 2.75) is 27.7 Å². The van der Waals surface area contributed by atoms with Crippen LogP contribution in [0.25, 0.3) is 0 Å². The Labute approximate surface area is 105 Å².